The minimum Gasteiger partial charge on any atom is -0.212 e. The molecule has 1 saturated heterocycles. The van der Waals surface area contributed by atoms with Gasteiger partial charge in [0.25, 0.3) is 0 Å². The molecule has 1 atom stereocenters. The number of sulfonamides is 1. The molecule has 0 aromatic rings. The zero-order chi connectivity index (χ0) is 13.6. The molecule has 1 rings (SSSR count). The maximum atomic E-state index is 12.2. The summed E-state index contributed by atoms with van der Waals surface area (Å²) in [6.45, 7) is 5.55. The van der Waals surface area contributed by atoms with Crippen LogP contribution in [0.5, 0.6) is 0 Å². The van der Waals surface area contributed by atoms with Crippen molar-refractivity contribution in [1.82, 2.24) is 4.31 Å². The van der Waals surface area contributed by atoms with Gasteiger partial charge in [-0.05, 0) is 18.8 Å². The highest BCUT2D eigenvalue weighted by Crippen LogP contribution is 2.26. The van der Waals surface area contributed by atoms with Crippen LogP contribution in [0.2, 0.25) is 0 Å². The topological polar surface area (TPSA) is 61.2 Å². The quantitative estimate of drug-likeness (QED) is 0.703. The number of unbranched alkanes of at least 4 members (excludes halogenated alkanes) is 2. The normalized spacial score (nSPS) is 22.0. The van der Waals surface area contributed by atoms with Gasteiger partial charge in [0.15, 0.2) is 0 Å². The Morgan fingerprint density at radius 2 is 2.17 bits per heavy atom. The first-order valence-corrected chi connectivity index (χ1v) is 9.09. The summed E-state index contributed by atoms with van der Waals surface area (Å²) in [7, 11) is -3.12. The molecule has 104 valence electrons. The SMILES string of the molecule is CC(C)[C@@H]1CN(S(=O)(=O)CCCCC#N)CCS1. The van der Waals surface area contributed by atoms with Crippen molar-refractivity contribution in [3.63, 3.8) is 0 Å². The van der Waals surface area contributed by atoms with Crippen LogP contribution in [0.1, 0.15) is 33.1 Å². The van der Waals surface area contributed by atoms with Crippen LogP contribution in [0.4, 0.5) is 0 Å². The van der Waals surface area contributed by atoms with Crippen molar-refractivity contribution in [3.8, 4) is 6.07 Å². The molecule has 1 fully saturated rings. The van der Waals surface area contributed by atoms with E-state index in [1.165, 1.54) is 0 Å². The Balaban J connectivity index is 2.49. The number of nitrogens with zero attached hydrogens (tertiary/aromatic N) is 2. The predicted molar refractivity (Wildman–Crippen MR) is 75.9 cm³/mol. The van der Waals surface area contributed by atoms with Crippen molar-refractivity contribution in [3.05, 3.63) is 0 Å². The first-order chi connectivity index (χ1) is 8.47. The summed E-state index contributed by atoms with van der Waals surface area (Å²) in [6.07, 6.45) is 1.71. The molecule has 0 unspecified atom stereocenters. The van der Waals surface area contributed by atoms with Crippen molar-refractivity contribution in [1.29, 1.82) is 5.26 Å². The van der Waals surface area contributed by atoms with Crippen molar-refractivity contribution in [2.75, 3.05) is 24.6 Å². The molecular formula is C12H22N2O2S2. The summed E-state index contributed by atoms with van der Waals surface area (Å²) >= 11 is 1.87. The number of rotatable bonds is 6. The zero-order valence-corrected chi connectivity index (χ0v) is 12.8. The van der Waals surface area contributed by atoms with Crippen LogP contribution in [0.15, 0.2) is 0 Å². The van der Waals surface area contributed by atoms with Gasteiger partial charge in [-0.25, -0.2) is 8.42 Å². The van der Waals surface area contributed by atoms with E-state index in [2.05, 4.69) is 13.8 Å². The van der Waals surface area contributed by atoms with E-state index in [-0.39, 0.29) is 5.75 Å². The van der Waals surface area contributed by atoms with Crippen LogP contribution in [-0.2, 0) is 10.0 Å². The molecule has 0 saturated carbocycles. The highest BCUT2D eigenvalue weighted by molar-refractivity contribution is 8.00. The van der Waals surface area contributed by atoms with E-state index >= 15 is 0 Å². The van der Waals surface area contributed by atoms with Crippen LogP contribution in [0.3, 0.4) is 0 Å². The third-order valence-electron chi connectivity index (χ3n) is 3.13. The standard InChI is InChI=1S/C12H22N2O2S2/c1-11(2)12-10-14(7-8-17-12)18(15,16)9-5-3-4-6-13/h11-12H,3-5,7-10H2,1-2H3/t12-/m0/s1. The van der Waals surface area contributed by atoms with Crippen LogP contribution < -0.4 is 0 Å². The van der Waals surface area contributed by atoms with E-state index in [1.807, 2.05) is 17.8 Å². The maximum Gasteiger partial charge on any atom is 0.214 e. The first kappa shape index (κ1) is 15.8. The molecule has 1 aliphatic heterocycles. The Morgan fingerprint density at radius 1 is 1.44 bits per heavy atom. The van der Waals surface area contributed by atoms with E-state index in [4.69, 9.17) is 5.26 Å². The molecular weight excluding hydrogens is 268 g/mol. The minimum atomic E-state index is -3.12. The third-order valence-corrected chi connectivity index (χ3v) is 6.60. The van der Waals surface area contributed by atoms with Gasteiger partial charge in [0, 0.05) is 30.5 Å². The maximum absolute atomic E-state index is 12.2. The van der Waals surface area contributed by atoms with E-state index in [9.17, 15) is 8.42 Å². The fourth-order valence-electron chi connectivity index (χ4n) is 1.92. The Labute approximate surface area is 115 Å². The van der Waals surface area contributed by atoms with Crippen molar-refractivity contribution in [2.24, 2.45) is 5.92 Å². The molecule has 0 radical (unpaired) electrons. The molecule has 0 spiro atoms. The van der Waals surface area contributed by atoms with Gasteiger partial charge in [0.2, 0.25) is 10.0 Å². The third kappa shape index (κ3) is 4.79. The molecule has 18 heavy (non-hydrogen) atoms. The summed E-state index contributed by atoms with van der Waals surface area (Å²) in [5.41, 5.74) is 0. The zero-order valence-electron chi connectivity index (χ0n) is 11.1. The van der Waals surface area contributed by atoms with Gasteiger partial charge >= 0.3 is 0 Å². The molecule has 4 nitrogen and oxygen atoms in total. The van der Waals surface area contributed by atoms with Gasteiger partial charge in [-0.3, -0.25) is 0 Å². The second kappa shape index (κ2) is 7.37. The number of thioether (sulfide) groups is 1. The van der Waals surface area contributed by atoms with Crippen molar-refractivity contribution >= 4 is 21.8 Å². The van der Waals surface area contributed by atoms with Gasteiger partial charge in [0.05, 0.1) is 11.8 Å². The summed E-state index contributed by atoms with van der Waals surface area (Å²) in [6, 6.07) is 2.04. The predicted octanol–water partition coefficient (Wildman–Crippen LogP) is 2.08. The molecule has 0 aliphatic carbocycles. The molecule has 0 amide bonds. The van der Waals surface area contributed by atoms with E-state index < -0.39 is 10.0 Å². The Hall–Kier alpha value is -0.250. The van der Waals surface area contributed by atoms with Crippen LogP contribution in [-0.4, -0.2) is 42.6 Å². The molecule has 1 aliphatic rings. The molecule has 1 heterocycles. The Bertz CT molecular complexity index is 387. The van der Waals surface area contributed by atoms with Gasteiger partial charge in [-0.15, -0.1) is 0 Å². The number of nitriles is 1. The van der Waals surface area contributed by atoms with Crippen LogP contribution in [0, 0.1) is 17.2 Å². The Morgan fingerprint density at radius 3 is 2.78 bits per heavy atom. The van der Waals surface area contributed by atoms with Gasteiger partial charge < -0.3 is 0 Å². The lowest BCUT2D eigenvalue weighted by molar-refractivity contribution is 0.391. The highest BCUT2D eigenvalue weighted by Gasteiger charge is 2.30. The van der Waals surface area contributed by atoms with Gasteiger partial charge in [-0.2, -0.15) is 21.3 Å². The fourth-order valence-corrected chi connectivity index (χ4v) is 5.02. The first-order valence-electron chi connectivity index (χ1n) is 6.43. The van der Waals surface area contributed by atoms with E-state index in [0.29, 0.717) is 43.5 Å². The molecule has 6 heteroatoms. The van der Waals surface area contributed by atoms with Crippen LogP contribution >= 0.6 is 11.8 Å². The largest absolute Gasteiger partial charge is 0.214 e. The Kier molecular flexibility index (Phi) is 6.47. The van der Waals surface area contributed by atoms with Crippen molar-refractivity contribution in [2.45, 2.75) is 38.4 Å². The second-order valence-electron chi connectivity index (χ2n) is 4.94. The lowest BCUT2D eigenvalue weighted by Gasteiger charge is -2.33. The summed E-state index contributed by atoms with van der Waals surface area (Å²) < 4.78 is 25.9. The fraction of sp³-hybridized carbons (Fsp3) is 0.917. The number of hydrogen-bond donors (Lipinski definition) is 0. The number of hydrogen-bond acceptors (Lipinski definition) is 4. The second-order valence-corrected chi connectivity index (χ2v) is 8.38. The smallest absolute Gasteiger partial charge is 0.212 e. The average Bonchev–Trinajstić information content (AvgIpc) is 2.35. The highest BCUT2D eigenvalue weighted by atomic mass is 32.2. The summed E-state index contributed by atoms with van der Waals surface area (Å²) in [4.78, 5) is 0. The lowest BCUT2D eigenvalue weighted by atomic mass is 10.1. The molecule has 0 aromatic heterocycles. The van der Waals surface area contributed by atoms with Gasteiger partial charge in [-0.1, -0.05) is 13.8 Å². The van der Waals surface area contributed by atoms with Crippen molar-refractivity contribution < 1.29 is 8.42 Å². The molecule has 0 N–H and O–H groups in total. The van der Waals surface area contributed by atoms with Gasteiger partial charge in [0.1, 0.15) is 0 Å². The monoisotopic (exact) mass is 290 g/mol. The summed E-state index contributed by atoms with van der Waals surface area (Å²) in [5, 5.41) is 8.84. The molecule has 0 aromatic carbocycles. The summed E-state index contributed by atoms with van der Waals surface area (Å²) in [5.74, 6) is 1.58. The van der Waals surface area contributed by atoms with E-state index in [0.717, 1.165) is 5.75 Å². The average molecular weight is 290 g/mol. The van der Waals surface area contributed by atoms with Crippen LogP contribution in [0.25, 0.3) is 0 Å². The molecule has 0 bridgehead atoms. The minimum absolute atomic E-state index is 0.185. The lowest BCUT2D eigenvalue weighted by Crippen LogP contribution is -2.44. The van der Waals surface area contributed by atoms with E-state index in [1.54, 1.807) is 4.31 Å².